The average molecular weight is 495 g/mol. The van der Waals surface area contributed by atoms with E-state index in [-0.39, 0.29) is 53.4 Å². The molecule has 13 heteroatoms. The second-order valence-corrected chi connectivity index (χ2v) is 9.34. The van der Waals surface area contributed by atoms with Crippen LogP contribution in [0.25, 0.3) is 10.9 Å². The highest BCUT2D eigenvalue weighted by Crippen LogP contribution is 2.23. The second-order valence-electron chi connectivity index (χ2n) is 9.34. The van der Waals surface area contributed by atoms with Crippen molar-refractivity contribution in [1.29, 1.82) is 0 Å². The number of hydrogen-bond acceptors (Lipinski definition) is 9. The first-order valence-corrected chi connectivity index (χ1v) is 11.2. The van der Waals surface area contributed by atoms with Gasteiger partial charge in [-0.25, -0.2) is 9.67 Å². The van der Waals surface area contributed by atoms with Gasteiger partial charge in [0.25, 0.3) is 11.5 Å². The van der Waals surface area contributed by atoms with Gasteiger partial charge in [0.2, 0.25) is 11.8 Å². The number of nitrogens with zero attached hydrogens (tertiary/aromatic N) is 5. The minimum absolute atomic E-state index is 0.0517. The Hall–Kier alpha value is -4.42. The number of carbonyl (C=O) groups excluding carboxylic acids is 4. The van der Waals surface area contributed by atoms with Gasteiger partial charge in [0, 0.05) is 6.42 Å². The van der Waals surface area contributed by atoms with Crippen LogP contribution >= 0.6 is 0 Å². The third-order valence-corrected chi connectivity index (χ3v) is 5.36. The number of anilines is 1. The summed E-state index contributed by atoms with van der Waals surface area (Å²) in [6, 6.07) is 3.84. The molecule has 3 aromatic rings. The maximum absolute atomic E-state index is 13.3. The summed E-state index contributed by atoms with van der Waals surface area (Å²) in [6.07, 6.45) is 1.61. The number of amides is 3. The normalized spacial score (nSPS) is 16.1. The van der Waals surface area contributed by atoms with Crippen LogP contribution in [0.5, 0.6) is 0 Å². The Kier molecular flexibility index (Phi) is 6.39. The van der Waals surface area contributed by atoms with E-state index in [1.807, 2.05) is 0 Å². The lowest BCUT2D eigenvalue weighted by atomic mass is 10.1. The topological polar surface area (TPSA) is 167 Å². The van der Waals surface area contributed by atoms with E-state index in [9.17, 15) is 24.0 Å². The van der Waals surface area contributed by atoms with Gasteiger partial charge in [-0.2, -0.15) is 0 Å². The van der Waals surface area contributed by atoms with Gasteiger partial charge in [-0.05, 0) is 46.2 Å². The van der Waals surface area contributed by atoms with E-state index in [0.717, 1.165) is 0 Å². The van der Waals surface area contributed by atoms with Crippen molar-refractivity contribution in [1.82, 2.24) is 29.9 Å². The van der Waals surface area contributed by atoms with E-state index >= 15 is 0 Å². The summed E-state index contributed by atoms with van der Waals surface area (Å²) in [5, 5.41) is 12.7. The number of esters is 1. The van der Waals surface area contributed by atoms with Gasteiger partial charge in [-0.1, -0.05) is 11.3 Å². The fourth-order valence-corrected chi connectivity index (χ4v) is 3.90. The summed E-state index contributed by atoms with van der Waals surface area (Å²) in [6.45, 7) is 6.58. The Morgan fingerprint density at radius 1 is 1.22 bits per heavy atom. The van der Waals surface area contributed by atoms with E-state index in [1.165, 1.54) is 15.4 Å². The highest BCUT2D eigenvalue weighted by atomic mass is 16.6. The smallest absolute Gasteiger partial charge is 0.328 e. The number of aromatic nitrogens is 5. The molecule has 2 N–H and O–H groups in total. The maximum Gasteiger partial charge on any atom is 0.328 e. The van der Waals surface area contributed by atoms with Crippen molar-refractivity contribution in [2.75, 3.05) is 5.32 Å². The number of fused-ring (bicyclic) bond motifs is 1. The van der Waals surface area contributed by atoms with Gasteiger partial charge in [0.1, 0.15) is 29.5 Å². The standard InChI is InChI=1S/C23H25N7O6/c1-12-24-19-13(22(35)30(12)16-8-9-17(31)26-21(16)34)6-5-7-14(19)25-20(33)15-10-29(28-27-15)11-18(32)36-23(2,3)4/h5-7,10,16H,8-9,11H2,1-4H3,(H,25,33)(H,26,31,34). The van der Waals surface area contributed by atoms with Gasteiger partial charge in [-0.15, -0.1) is 5.10 Å². The van der Waals surface area contributed by atoms with Crippen LogP contribution in [-0.4, -0.2) is 53.8 Å². The number of aryl methyl sites for hydroxylation is 1. The van der Waals surface area contributed by atoms with E-state index in [2.05, 4.69) is 25.9 Å². The Labute approximate surface area is 204 Å². The van der Waals surface area contributed by atoms with Crippen molar-refractivity contribution in [2.45, 2.75) is 58.7 Å². The van der Waals surface area contributed by atoms with Gasteiger partial charge in [0.15, 0.2) is 5.69 Å². The molecule has 3 heterocycles. The summed E-state index contributed by atoms with van der Waals surface area (Å²) >= 11 is 0. The summed E-state index contributed by atoms with van der Waals surface area (Å²) in [7, 11) is 0. The Morgan fingerprint density at radius 3 is 2.67 bits per heavy atom. The molecule has 1 fully saturated rings. The number of rotatable bonds is 5. The van der Waals surface area contributed by atoms with Crippen LogP contribution in [0.1, 0.15) is 56.0 Å². The van der Waals surface area contributed by atoms with Crippen LogP contribution in [0.3, 0.4) is 0 Å². The number of imide groups is 1. The average Bonchev–Trinajstić information content (AvgIpc) is 3.23. The molecule has 3 amide bonds. The Morgan fingerprint density at radius 2 is 1.97 bits per heavy atom. The predicted octanol–water partition coefficient (Wildman–Crippen LogP) is 0.868. The molecule has 13 nitrogen and oxygen atoms in total. The van der Waals surface area contributed by atoms with E-state index in [4.69, 9.17) is 4.74 Å². The summed E-state index contributed by atoms with van der Waals surface area (Å²) in [4.78, 5) is 66.4. The molecule has 1 saturated heterocycles. The molecule has 2 aromatic heterocycles. The zero-order chi connectivity index (χ0) is 26.2. The number of para-hydroxylation sites is 1. The number of carbonyl (C=O) groups is 4. The minimum Gasteiger partial charge on any atom is -0.459 e. The Bertz CT molecular complexity index is 1450. The number of benzene rings is 1. The van der Waals surface area contributed by atoms with Crippen LogP contribution in [0.15, 0.2) is 29.2 Å². The molecule has 1 aliphatic rings. The van der Waals surface area contributed by atoms with Crippen LogP contribution in [0.4, 0.5) is 5.69 Å². The number of hydrogen-bond donors (Lipinski definition) is 2. The molecule has 0 saturated carbocycles. The molecule has 1 aliphatic heterocycles. The van der Waals surface area contributed by atoms with Crippen molar-refractivity contribution in [2.24, 2.45) is 0 Å². The van der Waals surface area contributed by atoms with Gasteiger partial charge < -0.3 is 10.1 Å². The van der Waals surface area contributed by atoms with E-state index < -0.39 is 35.0 Å². The zero-order valence-electron chi connectivity index (χ0n) is 20.2. The van der Waals surface area contributed by atoms with Crippen LogP contribution in [0.2, 0.25) is 0 Å². The molecule has 0 spiro atoms. The second kappa shape index (κ2) is 9.32. The quantitative estimate of drug-likeness (QED) is 0.385. The highest BCUT2D eigenvalue weighted by molar-refractivity contribution is 6.07. The fourth-order valence-electron chi connectivity index (χ4n) is 3.90. The lowest BCUT2D eigenvalue weighted by molar-refractivity contribution is -0.155. The SMILES string of the molecule is Cc1nc2c(NC(=O)c3cn(CC(=O)OC(C)(C)C)nn3)cccc2c(=O)n1C1CCC(=O)NC1=O. The third kappa shape index (κ3) is 5.14. The molecular weight excluding hydrogens is 470 g/mol. The summed E-state index contributed by atoms with van der Waals surface area (Å²) < 4.78 is 7.68. The molecule has 36 heavy (non-hydrogen) atoms. The zero-order valence-corrected chi connectivity index (χ0v) is 20.2. The van der Waals surface area contributed by atoms with E-state index in [1.54, 1.807) is 45.9 Å². The largest absolute Gasteiger partial charge is 0.459 e. The molecule has 0 aliphatic carbocycles. The molecule has 188 valence electrons. The first kappa shape index (κ1) is 24.7. The van der Waals surface area contributed by atoms with E-state index in [0.29, 0.717) is 0 Å². The number of ether oxygens (including phenoxy) is 1. The van der Waals surface area contributed by atoms with Crippen molar-refractivity contribution in [3.8, 4) is 0 Å². The van der Waals surface area contributed by atoms with Gasteiger partial charge in [0.05, 0.1) is 17.3 Å². The molecule has 0 radical (unpaired) electrons. The third-order valence-electron chi connectivity index (χ3n) is 5.36. The lowest BCUT2D eigenvalue weighted by Gasteiger charge is -2.24. The van der Waals surface area contributed by atoms with Crippen molar-refractivity contribution in [3.63, 3.8) is 0 Å². The monoisotopic (exact) mass is 495 g/mol. The molecule has 0 bridgehead atoms. The molecule has 1 atom stereocenters. The number of piperidine rings is 1. The predicted molar refractivity (Wildman–Crippen MR) is 126 cm³/mol. The van der Waals surface area contributed by atoms with Crippen molar-refractivity contribution < 1.29 is 23.9 Å². The first-order valence-electron chi connectivity index (χ1n) is 11.2. The van der Waals surface area contributed by atoms with Crippen molar-refractivity contribution in [3.05, 3.63) is 46.3 Å². The Balaban J connectivity index is 1.58. The summed E-state index contributed by atoms with van der Waals surface area (Å²) in [5.74, 6) is -1.83. The summed E-state index contributed by atoms with van der Waals surface area (Å²) in [5.41, 5.74) is -0.683. The van der Waals surface area contributed by atoms with Crippen LogP contribution < -0.4 is 16.2 Å². The molecular formula is C23H25N7O6. The minimum atomic E-state index is -0.856. The lowest BCUT2D eigenvalue weighted by Crippen LogP contribution is -2.45. The molecule has 1 unspecified atom stereocenters. The van der Waals surface area contributed by atoms with Crippen LogP contribution in [-0.2, 0) is 25.7 Å². The van der Waals surface area contributed by atoms with Gasteiger partial charge in [-0.3, -0.25) is 33.9 Å². The fraction of sp³-hybridized carbons (Fsp3) is 0.391. The molecule has 4 rings (SSSR count). The van der Waals surface area contributed by atoms with Crippen molar-refractivity contribution >= 4 is 40.3 Å². The van der Waals surface area contributed by atoms with Crippen LogP contribution in [0, 0.1) is 6.92 Å². The highest BCUT2D eigenvalue weighted by Gasteiger charge is 2.30. The maximum atomic E-state index is 13.3. The number of nitrogens with one attached hydrogen (secondary N) is 2. The first-order chi connectivity index (χ1) is 16.9. The molecule has 1 aromatic carbocycles. The van der Waals surface area contributed by atoms with Gasteiger partial charge >= 0.3 is 5.97 Å².